The van der Waals surface area contributed by atoms with Crippen molar-refractivity contribution in [3.63, 3.8) is 0 Å². The minimum Gasteiger partial charge on any atom is -0.395 e. The Balaban J connectivity index is 2.34. The maximum atomic E-state index is 9.67. The van der Waals surface area contributed by atoms with Crippen LogP contribution < -0.4 is 5.73 Å². The molecular weight excluding hydrogens is 272 g/mol. The van der Waals surface area contributed by atoms with Crippen LogP contribution in [0.5, 0.6) is 0 Å². The fourth-order valence-electron chi connectivity index (χ4n) is 3.18. The van der Waals surface area contributed by atoms with E-state index in [2.05, 4.69) is 17.9 Å². The van der Waals surface area contributed by atoms with Gasteiger partial charge in [0, 0.05) is 17.1 Å². The van der Waals surface area contributed by atoms with Crippen molar-refractivity contribution in [3.8, 4) is 0 Å². The van der Waals surface area contributed by atoms with E-state index in [1.165, 1.54) is 6.42 Å². The van der Waals surface area contributed by atoms with Gasteiger partial charge in [-0.1, -0.05) is 43.1 Å². The molecule has 0 radical (unpaired) electrons. The summed E-state index contributed by atoms with van der Waals surface area (Å²) in [7, 11) is 0. The van der Waals surface area contributed by atoms with Crippen molar-refractivity contribution in [2.45, 2.75) is 50.7 Å². The summed E-state index contributed by atoms with van der Waals surface area (Å²) in [6.07, 6.45) is 4.27. The molecule has 3 N–H and O–H groups in total. The van der Waals surface area contributed by atoms with Crippen LogP contribution >= 0.6 is 11.6 Å². The highest BCUT2D eigenvalue weighted by atomic mass is 35.5. The number of aliphatic hydroxyl groups excluding tert-OH is 1. The Morgan fingerprint density at radius 3 is 2.80 bits per heavy atom. The molecule has 3 atom stereocenters. The maximum Gasteiger partial charge on any atom is 0.0587 e. The Morgan fingerprint density at radius 2 is 2.15 bits per heavy atom. The molecule has 0 saturated carbocycles. The number of likely N-dealkylation sites (tertiary alicyclic amines) is 1. The molecule has 1 saturated heterocycles. The van der Waals surface area contributed by atoms with Crippen molar-refractivity contribution in [2.75, 3.05) is 13.2 Å². The number of hydrogen-bond acceptors (Lipinski definition) is 3. The van der Waals surface area contributed by atoms with E-state index in [9.17, 15) is 5.11 Å². The molecular formula is C16H25ClN2O. The molecule has 3 unspecified atom stereocenters. The number of nitrogens with two attached hydrogens (primary N) is 1. The Bertz CT molecular complexity index is 427. The van der Waals surface area contributed by atoms with Crippen LogP contribution in [0, 0.1) is 0 Å². The van der Waals surface area contributed by atoms with E-state index < -0.39 is 0 Å². The number of aliphatic hydroxyl groups is 1. The Labute approximate surface area is 126 Å². The third kappa shape index (κ3) is 3.34. The standard InChI is InChI=1S/C16H25ClN2O/c1-2-15(18)16(13-8-3-4-9-14(13)17)19-10-6-5-7-12(19)11-20/h3-4,8-9,12,15-16,20H,2,5-7,10-11,18H2,1H3. The second-order valence-electron chi connectivity index (χ2n) is 5.61. The Morgan fingerprint density at radius 1 is 1.40 bits per heavy atom. The second kappa shape index (κ2) is 7.41. The second-order valence-corrected chi connectivity index (χ2v) is 6.02. The molecule has 1 aromatic rings. The summed E-state index contributed by atoms with van der Waals surface area (Å²) in [5.74, 6) is 0. The molecule has 1 fully saturated rings. The van der Waals surface area contributed by atoms with Gasteiger partial charge in [0.25, 0.3) is 0 Å². The fourth-order valence-corrected chi connectivity index (χ4v) is 3.43. The minimum atomic E-state index is 0.0297. The van der Waals surface area contributed by atoms with Gasteiger partial charge < -0.3 is 10.8 Å². The smallest absolute Gasteiger partial charge is 0.0587 e. The van der Waals surface area contributed by atoms with Gasteiger partial charge in [-0.2, -0.15) is 0 Å². The van der Waals surface area contributed by atoms with Crippen molar-refractivity contribution in [2.24, 2.45) is 5.73 Å². The van der Waals surface area contributed by atoms with Crippen molar-refractivity contribution in [1.82, 2.24) is 4.90 Å². The summed E-state index contributed by atoms with van der Waals surface area (Å²) in [4.78, 5) is 2.36. The van der Waals surface area contributed by atoms with Crippen molar-refractivity contribution in [3.05, 3.63) is 34.9 Å². The predicted octanol–water partition coefficient (Wildman–Crippen LogP) is 2.97. The highest BCUT2D eigenvalue weighted by Crippen LogP contribution is 2.34. The average molecular weight is 297 g/mol. The Hall–Kier alpha value is -0.610. The van der Waals surface area contributed by atoms with Crippen molar-refractivity contribution < 1.29 is 5.11 Å². The SMILES string of the molecule is CCC(N)C(c1ccccc1Cl)N1CCCCC1CO. The summed E-state index contributed by atoms with van der Waals surface area (Å²) in [6.45, 7) is 3.28. The molecule has 2 rings (SSSR count). The molecule has 0 spiro atoms. The van der Waals surface area contributed by atoms with Crippen LogP contribution in [0.25, 0.3) is 0 Å². The van der Waals surface area contributed by atoms with Gasteiger partial charge in [0.2, 0.25) is 0 Å². The van der Waals surface area contributed by atoms with Gasteiger partial charge in [-0.25, -0.2) is 0 Å². The third-order valence-electron chi connectivity index (χ3n) is 4.34. The van der Waals surface area contributed by atoms with Gasteiger partial charge in [-0.15, -0.1) is 0 Å². The number of halogens is 1. The lowest BCUT2D eigenvalue weighted by molar-refractivity contribution is 0.0416. The van der Waals surface area contributed by atoms with E-state index in [0.29, 0.717) is 0 Å². The largest absolute Gasteiger partial charge is 0.395 e. The summed E-state index contributed by atoms with van der Waals surface area (Å²) >= 11 is 6.39. The number of piperidine rings is 1. The maximum absolute atomic E-state index is 9.67. The molecule has 112 valence electrons. The quantitative estimate of drug-likeness (QED) is 0.878. The molecule has 1 aromatic carbocycles. The van der Waals surface area contributed by atoms with Gasteiger partial charge in [0.15, 0.2) is 0 Å². The van der Waals surface area contributed by atoms with Crippen molar-refractivity contribution >= 4 is 11.6 Å². The topological polar surface area (TPSA) is 49.5 Å². The van der Waals surface area contributed by atoms with E-state index in [1.807, 2.05) is 18.2 Å². The molecule has 0 aliphatic carbocycles. The van der Waals surface area contributed by atoms with Gasteiger partial charge in [0.1, 0.15) is 0 Å². The zero-order valence-electron chi connectivity index (χ0n) is 12.1. The zero-order valence-corrected chi connectivity index (χ0v) is 12.9. The number of hydrogen-bond donors (Lipinski definition) is 2. The first-order valence-electron chi connectivity index (χ1n) is 7.55. The molecule has 1 aliphatic heterocycles. The normalized spacial score (nSPS) is 23.5. The zero-order chi connectivity index (χ0) is 14.5. The van der Waals surface area contributed by atoms with Crippen LogP contribution in [0.3, 0.4) is 0 Å². The van der Waals surface area contributed by atoms with Crippen molar-refractivity contribution in [1.29, 1.82) is 0 Å². The number of rotatable bonds is 5. The highest BCUT2D eigenvalue weighted by molar-refractivity contribution is 6.31. The van der Waals surface area contributed by atoms with E-state index >= 15 is 0 Å². The third-order valence-corrected chi connectivity index (χ3v) is 4.69. The van der Waals surface area contributed by atoms with Crippen LogP contribution in [-0.4, -0.2) is 35.2 Å². The summed E-state index contributed by atoms with van der Waals surface area (Å²) < 4.78 is 0. The molecule has 0 aromatic heterocycles. The molecule has 3 nitrogen and oxygen atoms in total. The van der Waals surface area contributed by atoms with Crippen LogP contribution in [0.15, 0.2) is 24.3 Å². The number of nitrogens with zero attached hydrogens (tertiary/aromatic N) is 1. The lowest BCUT2D eigenvalue weighted by Crippen LogP contribution is -2.49. The lowest BCUT2D eigenvalue weighted by Gasteiger charge is -2.43. The van der Waals surface area contributed by atoms with E-state index in [-0.39, 0.29) is 24.7 Å². The highest BCUT2D eigenvalue weighted by Gasteiger charge is 2.33. The van der Waals surface area contributed by atoms with Crippen LogP contribution in [0.2, 0.25) is 5.02 Å². The predicted molar refractivity (Wildman–Crippen MR) is 83.9 cm³/mol. The van der Waals surface area contributed by atoms with Crippen LogP contribution in [0.4, 0.5) is 0 Å². The minimum absolute atomic E-state index is 0.0297. The molecule has 1 aliphatic rings. The van der Waals surface area contributed by atoms with E-state index in [1.54, 1.807) is 0 Å². The summed E-state index contributed by atoms with van der Waals surface area (Å²) in [6, 6.07) is 8.25. The molecule has 0 amide bonds. The van der Waals surface area contributed by atoms with Gasteiger partial charge in [-0.3, -0.25) is 4.90 Å². The fraction of sp³-hybridized carbons (Fsp3) is 0.625. The first-order chi connectivity index (χ1) is 9.69. The average Bonchev–Trinajstić information content (AvgIpc) is 2.49. The summed E-state index contributed by atoms with van der Waals surface area (Å²) in [5, 5.41) is 10.4. The number of benzene rings is 1. The van der Waals surface area contributed by atoms with Gasteiger partial charge >= 0.3 is 0 Å². The molecule has 4 heteroatoms. The first-order valence-corrected chi connectivity index (χ1v) is 7.93. The summed E-state index contributed by atoms with van der Waals surface area (Å²) in [5.41, 5.74) is 7.47. The molecule has 1 heterocycles. The van der Waals surface area contributed by atoms with Crippen LogP contribution in [0.1, 0.15) is 44.2 Å². The lowest BCUT2D eigenvalue weighted by atomic mass is 9.91. The monoisotopic (exact) mass is 296 g/mol. The van der Waals surface area contributed by atoms with Gasteiger partial charge in [0.05, 0.1) is 12.6 Å². The molecule has 0 bridgehead atoms. The first kappa shape index (κ1) is 15.8. The molecule has 20 heavy (non-hydrogen) atoms. The van der Waals surface area contributed by atoms with E-state index in [4.69, 9.17) is 17.3 Å². The van der Waals surface area contributed by atoms with Gasteiger partial charge in [-0.05, 0) is 37.4 Å². The van der Waals surface area contributed by atoms with Crippen LogP contribution in [-0.2, 0) is 0 Å². The Kier molecular flexibility index (Phi) is 5.85. The van der Waals surface area contributed by atoms with E-state index in [0.717, 1.165) is 36.4 Å².